The summed E-state index contributed by atoms with van der Waals surface area (Å²) in [4.78, 5) is 4.78. The van der Waals surface area contributed by atoms with E-state index in [4.69, 9.17) is 4.99 Å². The SMILES string of the molecule is CCNC(=NCC(CCO)CC(C)C)NC1CCC(SC)C1. The highest BCUT2D eigenvalue weighted by atomic mass is 32.2. The predicted molar refractivity (Wildman–Crippen MR) is 98.7 cm³/mol. The molecule has 0 bridgehead atoms. The molecule has 4 nitrogen and oxygen atoms in total. The second-order valence-electron chi connectivity index (χ2n) is 6.74. The second-order valence-corrected chi connectivity index (χ2v) is 7.88. The molecule has 0 saturated heterocycles. The monoisotopic (exact) mass is 329 g/mol. The Kier molecular flexibility index (Phi) is 9.96. The molecular weight excluding hydrogens is 294 g/mol. The van der Waals surface area contributed by atoms with Gasteiger partial charge in [0.2, 0.25) is 0 Å². The van der Waals surface area contributed by atoms with Gasteiger partial charge in [0.15, 0.2) is 5.96 Å². The van der Waals surface area contributed by atoms with Crippen molar-refractivity contribution in [2.75, 3.05) is 26.0 Å². The number of guanidine groups is 1. The Morgan fingerprint density at radius 3 is 2.68 bits per heavy atom. The highest BCUT2D eigenvalue weighted by Crippen LogP contribution is 2.28. The van der Waals surface area contributed by atoms with Crippen LogP contribution in [0.4, 0.5) is 0 Å². The fourth-order valence-corrected chi connectivity index (χ4v) is 3.95. The van der Waals surface area contributed by atoms with Crippen LogP contribution >= 0.6 is 11.8 Å². The van der Waals surface area contributed by atoms with Gasteiger partial charge in [0.05, 0.1) is 0 Å². The van der Waals surface area contributed by atoms with Gasteiger partial charge in [0.1, 0.15) is 0 Å². The molecule has 5 heteroatoms. The van der Waals surface area contributed by atoms with E-state index in [1.54, 1.807) is 0 Å². The Morgan fingerprint density at radius 2 is 2.14 bits per heavy atom. The smallest absolute Gasteiger partial charge is 0.191 e. The molecule has 0 spiro atoms. The number of hydrogen-bond acceptors (Lipinski definition) is 3. The number of nitrogens with one attached hydrogen (secondary N) is 2. The van der Waals surface area contributed by atoms with Crippen molar-refractivity contribution in [3.05, 3.63) is 0 Å². The first-order valence-corrected chi connectivity index (χ1v) is 10.1. The van der Waals surface area contributed by atoms with E-state index in [9.17, 15) is 5.11 Å². The molecule has 130 valence electrons. The first-order chi connectivity index (χ1) is 10.6. The lowest BCUT2D eigenvalue weighted by Crippen LogP contribution is -2.42. The third-order valence-electron chi connectivity index (χ3n) is 4.25. The van der Waals surface area contributed by atoms with E-state index in [1.165, 1.54) is 19.3 Å². The molecule has 1 aliphatic rings. The molecule has 0 aromatic carbocycles. The van der Waals surface area contributed by atoms with Crippen LogP contribution in [0, 0.1) is 11.8 Å². The molecular formula is C17H35N3OS. The van der Waals surface area contributed by atoms with Gasteiger partial charge in [-0.25, -0.2) is 0 Å². The van der Waals surface area contributed by atoms with Crippen LogP contribution in [0.25, 0.3) is 0 Å². The second kappa shape index (κ2) is 11.2. The number of aliphatic imine (C=N–C) groups is 1. The first kappa shape index (κ1) is 19.6. The van der Waals surface area contributed by atoms with E-state index < -0.39 is 0 Å². The number of nitrogens with zero attached hydrogens (tertiary/aromatic N) is 1. The minimum atomic E-state index is 0.259. The number of aliphatic hydroxyl groups is 1. The molecule has 3 unspecified atom stereocenters. The van der Waals surface area contributed by atoms with Crippen LogP contribution < -0.4 is 10.6 Å². The number of aliphatic hydroxyl groups excluding tert-OH is 1. The summed E-state index contributed by atoms with van der Waals surface area (Å²) >= 11 is 1.98. The van der Waals surface area contributed by atoms with Gasteiger partial charge >= 0.3 is 0 Å². The maximum Gasteiger partial charge on any atom is 0.191 e. The zero-order chi connectivity index (χ0) is 16.4. The van der Waals surface area contributed by atoms with Gasteiger partial charge < -0.3 is 15.7 Å². The summed E-state index contributed by atoms with van der Waals surface area (Å²) in [6, 6.07) is 0.552. The molecule has 1 saturated carbocycles. The summed E-state index contributed by atoms with van der Waals surface area (Å²) in [5.41, 5.74) is 0. The van der Waals surface area contributed by atoms with E-state index in [2.05, 4.69) is 37.7 Å². The number of hydrogen-bond donors (Lipinski definition) is 3. The van der Waals surface area contributed by atoms with E-state index in [-0.39, 0.29) is 6.61 Å². The summed E-state index contributed by atoms with van der Waals surface area (Å²) in [5, 5.41) is 17.0. The standard InChI is InChI=1S/C17H35N3OS/c1-5-18-17(20-15-6-7-16(11-15)22-4)19-12-14(8-9-21)10-13(2)3/h13-16,21H,5-12H2,1-4H3,(H2,18,19,20). The molecule has 1 aliphatic carbocycles. The van der Waals surface area contributed by atoms with Crippen LogP contribution in [-0.2, 0) is 0 Å². The maximum absolute atomic E-state index is 9.22. The lowest BCUT2D eigenvalue weighted by molar-refractivity contribution is 0.245. The topological polar surface area (TPSA) is 56.7 Å². The van der Waals surface area contributed by atoms with Gasteiger partial charge in [-0.15, -0.1) is 0 Å². The number of thioether (sulfide) groups is 1. The summed E-state index contributed by atoms with van der Waals surface area (Å²) in [7, 11) is 0. The summed E-state index contributed by atoms with van der Waals surface area (Å²) < 4.78 is 0. The summed E-state index contributed by atoms with van der Waals surface area (Å²) in [6.45, 7) is 8.52. The lowest BCUT2D eigenvalue weighted by Gasteiger charge is -2.20. The molecule has 0 aromatic rings. The molecule has 0 aliphatic heterocycles. The van der Waals surface area contributed by atoms with E-state index >= 15 is 0 Å². The lowest BCUT2D eigenvalue weighted by atomic mass is 9.94. The third kappa shape index (κ3) is 7.73. The molecule has 22 heavy (non-hydrogen) atoms. The molecule has 0 amide bonds. The van der Waals surface area contributed by atoms with Crippen molar-refractivity contribution in [1.82, 2.24) is 10.6 Å². The largest absolute Gasteiger partial charge is 0.396 e. The number of rotatable bonds is 9. The third-order valence-corrected chi connectivity index (χ3v) is 5.35. The molecule has 1 fully saturated rings. The van der Waals surface area contributed by atoms with E-state index in [1.807, 2.05) is 11.8 Å². The van der Waals surface area contributed by atoms with Crippen molar-refractivity contribution in [1.29, 1.82) is 0 Å². The Balaban J connectivity index is 2.52. The highest BCUT2D eigenvalue weighted by molar-refractivity contribution is 7.99. The molecule has 0 radical (unpaired) electrons. The van der Waals surface area contributed by atoms with Crippen LogP contribution in [-0.4, -0.2) is 48.3 Å². The van der Waals surface area contributed by atoms with Crippen molar-refractivity contribution in [3.8, 4) is 0 Å². The van der Waals surface area contributed by atoms with Gasteiger partial charge in [-0.3, -0.25) is 4.99 Å². The zero-order valence-electron chi connectivity index (χ0n) is 14.8. The van der Waals surface area contributed by atoms with Crippen molar-refractivity contribution >= 4 is 17.7 Å². The van der Waals surface area contributed by atoms with Crippen LogP contribution in [0.5, 0.6) is 0 Å². The Labute approximate surface area is 140 Å². The maximum atomic E-state index is 9.22. The average molecular weight is 330 g/mol. The van der Waals surface area contributed by atoms with Crippen molar-refractivity contribution in [2.45, 2.75) is 64.2 Å². The highest BCUT2D eigenvalue weighted by Gasteiger charge is 2.24. The Morgan fingerprint density at radius 1 is 1.36 bits per heavy atom. The van der Waals surface area contributed by atoms with Gasteiger partial charge in [0.25, 0.3) is 0 Å². The van der Waals surface area contributed by atoms with Gasteiger partial charge in [-0.1, -0.05) is 13.8 Å². The Hall–Kier alpha value is -0.420. The van der Waals surface area contributed by atoms with Crippen LogP contribution in [0.2, 0.25) is 0 Å². The predicted octanol–water partition coefficient (Wildman–Crippen LogP) is 2.87. The fraction of sp³-hybridized carbons (Fsp3) is 0.941. The van der Waals surface area contributed by atoms with Gasteiger partial charge in [-0.05, 0) is 57.1 Å². The zero-order valence-corrected chi connectivity index (χ0v) is 15.6. The van der Waals surface area contributed by atoms with Crippen molar-refractivity contribution in [3.63, 3.8) is 0 Å². The summed E-state index contributed by atoms with van der Waals surface area (Å²) in [6.07, 6.45) is 7.95. The Bertz CT molecular complexity index is 323. The fourth-order valence-electron chi connectivity index (χ4n) is 3.15. The molecule has 3 N–H and O–H groups in total. The van der Waals surface area contributed by atoms with Crippen molar-refractivity contribution in [2.24, 2.45) is 16.8 Å². The van der Waals surface area contributed by atoms with Gasteiger partial charge in [0, 0.05) is 31.0 Å². The molecule has 0 heterocycles. The van der Waals surface area contributed by atoms with Crippen LogP contribution in [0.15, 0.2) is 4.99 Å². The minimum Gasteiger partial charge on any atom is -0.396 e. The minimum absolute atomic E-state index is 0.259. The quantitative estimate of drug-likeness (QED) is 0.450. The van der Waals surface area contributed by atoms with E-state index in [0.717, 1.165) is 37.1 Å². The summed E-state index contributed by atoms with van der Waals surface area (Å²) in [5.74, 6) is 2.07. The first-order valence-electron chi connectivity index (χ1n) is 8.77. The molecule has 0 aromatic heterocycles. The molecule has 3 atom stereocenters. The van der Waals surface area contributed by atoms with Crippen molar-refractivity contribution < 1.29 is 5.11 Å². The van der Waals surface area contributed by atoms with Gasteiger partial charge in [-0.2, -0.15) is 11.8 Å². The molecule has 1 rings (SSSR count). The van der Waals surface area contributed by atoms with Crippen LogP contribution in [0.3, 0.4) is 0 Å². The normalized spacial score (nSPS) is 23.8. The van der Waals surface area contributed by atoms with Crippen LogP contribution in [0.1, 0.15) is 52.9 Å². The average Bonchev–Trinajstić information content (AvgIpc) is 2.92. The van der Waals surface area contributed by atoms with E-state index in [0.29, 0.717) is 17.9 Å².